The summed E-state index contributed by atoms with van der Waals surface area (Å²) < 4.78 is 0. The average Bonchev–Trinajstić information content (AvgIpc) is 2.52. The lowest BCUT2D eigenvalue weighted by Crippen LogP contribution is -2.23. The predicted octanol–water partition coefficient (Wildman–Crippen LogP) is 2.01. The molecule has 0 aliphatic heterocycles. The van der Waals surface area contributed by atoms with Gasteiger partial charge in [-0.2, -0.15) is 0 Å². The van der Waals surface area contributed by atoms with E-state index < -0.39 is 0 Å². The largest absolute Gasteiger partial charge is 0.299 e. The molecule has 3 fully saturated rings. The molecule has 1 heteroatoms. The zero-order chi connectivity index (χ0) is 7.42. The maximum atomic E-state index is 11.4. The van der Waals surface area contributed by atoms with Crippen molar-refractivity contribution in [3.05, 3.63) is 0 Å². The molecule has 1 nitrogen and oxygen atoms in total. The Morgan fingerprint density at radius 3 is 2.91 bits per heavy atom. The maximum absolute atomic E-state index is 11.4. The minimum absolute atomic E-state index is 0.521. The molecule has 4 atom stereocenters. The standard InChI is InChI=1S/C10H14O/c11-10-5-6-4-9(10)8-3-1-2-7(6)8/h6-9H,1-5H2/t6-,7+,8+,9+/m1/s1. The summed E-state index contributed by atoms with van der Waals surface area (Å²) in [5.41, 5.74) is 0. The van der Waals surface area contributed by atoms with E-state index in [0.717, 1.165) is 24.2 Å². The summed E-state index contributed by atoms with van der Waals surface area (Å²) in [7, 11) is 0. The van der Waals surface area contributed by atoms with Crippen LogP contribution in [0.1, 0.15) is 32.1 Å². The van der Waals surface area contributed by atoms with Crippen molar-refractivity contribution in [3.8, 4) is 0 Å². The van der Waals surface area contributed by atoms with Gasteiger partial charge in [-0.1, -0.05) is 6.42 Å². The zero-order valence-corrected chi connectivity index (χ0v) is 6.75. The van der Waals surface area contributed by atoms with Gasteiger partial charge in [-0.3, -0.25) is 4.79 Å². The molecule has 0 heterocycles. The molecule has 2 bridgehead atoms. The second-order valence-corrected chi connectivity index (χ2v) is 4.53. The molecule has 3 aliphatic carbocycles. The van der Waals surface area contributed by atoms with Crippen molar-refractivity contribution < 1.29 is 4.79 Å². The van der Waals surface area contributed by atoms with Gasteiger partial charge in [0.05, 0.1) is 0 Å². The Morgan fingerprint density at radius 1 is 1.18 bits per heavy atom. The van der Waals surface area contributed by atoms with Crippen molar-refractivity contribution in [2.45, 2.75) is 32.1 Å². The molecule has 0 radical (unpaired) electrons. The quantitative estimate of drug-likeness (QED) is 0.516. The van der Waals surface area contributed by atoms with Crippen LogP contribution in [0, 0.1) is 23.7 Å². The number of hydrogen-bond donors (Lipinski definition) is 0. The molecular weight excluding hydrogens is 136 g/mol. The third-order valence-electron chi connectivity index (χ3n) is 4.18. The first-order chi connectivity index (χ1) is 5.36. The molecule has 11 heavy (non-hydrogen) atoms. The van der Waals surface area contributed by atoms with Crippen LogP contribution in [-0.4, -0.2) is 5.78 Å². The van der Waals surface area contributed by atoms with Crippen molar-refractivity contribution in [2.75, 3.05) is 0 Å². The van der Waals surface area contributed by atoms with E-state index in [2.05, 4.69) is 0 Å². The van der Waals surface area contributed by atoms with Crippen LogP contribution in [0.2, 0.25) is 0 Å². The summed E-state index contributed by atoms with van der Waals surface area (Å²) in [6, 6.07) is 0. The molecule has 3 rings (SSSR count). The molecule has 3 saturated carbocycles. The number of hydrogen-bond acceptors (Lipinski definition) is 1. The van der Waals surface area contributed by atoms with Crippen LogP contribution in [0.5, 0.6) is 0 Å². The van der Waals surface area contributed by atoms with Gasteiger partial charge in [0.2, 0.25) is 0 Å². The van der Waals surface area contributed by atoms with E-state index in [0.29, 0.717) is 11.7 Å². The predicted molar refractivity (Wildman–Crippen MR) is 42.1 cm³/mol. The van der Waals surface area contributed by atoms with Crippen molar-refractivity contribution in [1.29, 1.82) is 0 Å². The number of carbonyl (C=O) groups is 1. The van der Waals surface area contributed by atoms with Gasteiger partial charge in [0.15, 0.2) is 0 Å². The minimum Gasteiger partial charge on any atom is -0.299 e. The first kappa shape index (κ1) is 6.22. The molecule has 0 saturated heterocycles. The summed E-state index contributed by atoms with van der Waals surface area (Å²) in [6.07, 6.45) is 6.38. The second-order valence-electron chi connectivity index (χ2n) is 4.53. The fourth-order valence-electron chi connectivity index (χ4n) is 3.79. The molecule has 0 aromatic carbocycles. The van der Waals surface area contributed by atoms with Gasteiger partial charge in [-0.25, -0.2) is 0 Å². The van der Waals surface area contributed by atoms with E-state index in [1.54, 1.807) is 0 Å². The van der Waals surface area contributed by atoms with Crippen LogP contribution in [0.4, 0.5) is 0 Å². The maximum Gasteiger partial charge on any atom is 0.136 e. The number of ketones is 1. The third-order valence-corrected chi connectivity index (χ3v) is 4.18. The van der Waals surface area contributed by atoms with Crippen LogP contribution >= 0.6 is 0 Å². The molecular formula is C10H14O. The third kappa shape index (κ3) is 0.646. The highest BCUT2D eigenvalue weighted by Crippen LogP contribution is 2.57. The first-order valence-corrected chi connectivity index (χ1v) is 4.89. The zero-order valence-electron chi connectivity index (χ0n) is 6.75. The van der Waals surface area contributed by atoms with E-state index in [1.807, 2.05) is 0 Å². The Hall–Kier alpha value is -0.330. The SMILES string of the molecule is O=C1C[C@H]2C[C@H]1[C@H]1CCC[C@@H]21. The summed E-state index contributed by atoms with van der Waals surface area (Å²) in [5, 5.41) is 0. The highest BCUT2D eigenvalue weighted by Gasteiger charge is 2.53. The molecule has 0 aromatic rings. The fourth-order valence-corrected chi connectivity index (χ4v) is 3.79. The van der Waals surface area contributed by atoms with Crippen molar-refractivity contribution in [3.63, 3.8) is 0 Å². The molecule has 60 valence electrons. The Bertz CT molecular complexity index is 209. The molecule has 0 unspecified atom stereocenters. The highest BCUT2D eigenvalue weighted by molar-refractivity contribution is 5.85. The van der Waals surface area contributed by atoms with Gasteiger partial charge in [-0.05, 0) is 37.0 Å². The minimum atomic E-state index is 0.521. The van der Waals surface area contributed by atoms with E-state index in [4.69, 9.17) is 0 Å². The van der Waals surface area contributed by atoms with Crippen LogP contribution in [-0.2, 0) is 4.79 Å². The van der Waals surface area contributed by atoms with Crippen LogP contribution < -0.4 is 0 Å². The van der Waals surface area contributed by atoms with Crippen LogP contribution in [0.25, 0.3) is 0 Å². The Kier molecular flexibility index (Phi) is 1.06. The van der Waals surface area contributed by atoms with Crippen LogP contribution in [0.15, 0.2) is 0 Å². The van der Waals surface area contributed by atoms with Gasteiger partial charge >= 0.3 is 0 Å². The molecule has 0 N–H and O–H groups in total. The number of fused-ring (bicyclic) bond motifs is 5. The van der Waals surface area contributed by atoms with Crippen LogP contribution in [0.3, 0.4) is 0 Å². The fraction of sp³-hybridized carbons (Fsp3) is 0.900. The Morgan fingerprint density at radius 2 is 2.00 bits per heavy atom. The molecule has 0 spiro atoms. The number of carbonyl (C=O) groups excluding carboxylic acids is 1. The monoisotopic (exact) mass is 150 g/mol. The first-order valence-electron chi connectivity index (χ1n) is 4.89. The number of Topliss-reactive ketones (excluding diaryl/α,β-unsaturated/α-hetero) is 1. The lowest BCUT2D eigenvalue weighted by atomic mass is 9.81. The van der Waals surface area contributed by atoms with Gasteiger partial charge in [0.1, 0.15) is 5.78 Å². The van der Waals surface area contributed by atoms with E-state index in [-0.39, 0.29) is 0 Å². The van der Waals surface area contributed by atoms with Gasteiger partial charge in [-0.15, -0.1) is 0 Å². The topological polar surface area (TPSA) is 17.1 Å². The Labute approximate surface area is 67.2 Å². The summed E-state index contributed by atoms with van der Waals surface area (Å²) in [5.74, 6) is 3.74. The number of rotatable bonds is 0. The average molecular weight is 150 g/mol. The smallest absolute Gasteiger partial charge is 0.136 e. The van der Waals surface area contributed by atoms with Crippen molar-refractivity contribution >= 4 is 5.78 Å². The van der Waals surface area contributed by atoms with Gasteiger partial charge in [0.25, 0.3) is 0 Å². The summed E-state index contributed by atoms with van der Waals surface area (Å²) in [4.78, 5) is 11.4. The van der Waals surface area contributed by atoms with Gasteiger partial charge in [0, 0.05) is 12.3 Å². The molecule has 0 aromatic heterocycles. The normalized spacial score (nSPS) is 53.6. The molecule has 0 amide bonds. The Balaban J connectivity index is 1.95. The van der Waals surface area contributed by atoms with E-state index in [1.165, 1.54) is 25.7 Å². The van der Waals surface area contributed by atoms with E-state index in [9.17, 15) is 4.79 Å². The lowest BCUT2D eigenvalue weighted by molar-refractivity contribution is -0.123. The van der Waals surface area contributed by atoms with E-state index >= 15 is 0 Å². The molecule has 3 aliphatic rings. The lowest BCUT2D eigenvalue weighted by Gasteiger charge is -2.22. The van der Waals surface area contributed by atoms with Crippen molar-refractivity contribution in [2.24, 2.45) is 23.7 Å². The van der Waals surface area contributed by atoms with Gasteiger partial charge < -0.3 is 0 Å². The highest BCUT2D eigenvalue weighted by atomic mass is 16.1. The van der Waals surface area contributed by atoms with Crippen molar-refractivity contribution in [1.82, 2.24) is 0 Å². The summed E-state index contributed by atoms with van der Waals surface area (Å²) >= 11 is 0. The second kappa shape index (κ2) is 1.88. The summed E-state index contributed by atoms with van der Waals surface area (Å²) in [6.45, 7) is 0.